The largest absolute Gasteiger partial charge is 0.394 e. The van der Waals surface area contributed by atoms with E-state index in [4.69, 9.17) is 69.1 Å². The van der Waals surface area contributed by atoms with Crippen LogP contribution in [0, 0.1) is 5.41 Å². The Balaban J connectivity index is 1.03. The highest BCUT2D eigenvalue weighted by Gasteiger charge is 2.54. The van der Waals surface area contributed by atoms with Gasteiger partial charge in [0.1, 0.15) is 163 Å². The molecule has 0 saturated carbocycles. The van der Waals surface area contributed by atoms with Crippen molar-refractivity contribution in [1.29, 1.82) is 0 Å². The van der Waals surface area contributed by atoms with E-state index in [2.05, 4.69) is 5.32 Å². The van der Waals surface area contributed by atoms with Crippen molar-refractivity contribution in [3.8, 4) is 0 Å². The van der Waals surface area contributed by atoms with E-state index in [9.17, 15) is 107 Å². The molecular weight excluding hydrogens is 1290 g/mol. The minimum absolute atomic E-state index is 0.0193. The summed E-state index contributed by atoms with van der Waals surface area (Å²) in [7, 11) is 0. The fraction of sp³-hybridized carbons (Fsp3) is 0.981. The molecule has 34 nitrogen and oxygen atoms in total. The number of hydrogen-bond acceptors (Lipinski definition) is 37. The van der Waals surface area contributed by atoms with Gasteiger partial charge in [0.2, 0.25) is 0 Å². The molecular formula is C52H93NO33S4. The molecule has 6 heterocycles. The van der Waals surface area contributed by atoms with Gasteiger partial charge in [0.25, 0.3) is 0 Å². The zero-order valence-electron chi connectivity index (χ0n) is 49.2. The molecule has 30 atom stereocenters. The average Bonchev–Trinajstić information content (AvgIpc) is 0.909. The zero-order valence-corrected chi connectivity index (χ0v) is 52.4. The highest BCUT2D eigenvalue weighted by Crippen LogP contribution is 2.37. The Labute approximate surface area is 536 Å². The van der Waals surface area contributed by atoms with Gasteiger partial charge in [0, 0.05) is 26.4 Å². The van der Waals surface area contributed by atoms with Crippen LogP contribution < -0.4 is 5.32 Å². The lowest BCUT2D eigenvalue weighted by Gasteiger charge is -2.46. The predicted octanol–water partition coefficient (Wildman–Crippen LogP) is -10.8. The van der Waals surface area contributed by atoms with Crippen molar-refractivity contribution in [2.24, 2.45) is 5.41 Å². The van der Waals surface area contributed by atoms with Crippen molar-refractivity contribution in [3.63, 3.8) is 0 Å². The summed E-state index contributed by atoms with van der Waals surface area (Å²) in [5.41, 5.74) is -4.21. The SMILES string of the molecule is CC(=S)NCC(COCCCS[C@@H]1OC(CO)[C@@H](O[C@@H]2OC(CO)[C@H](O)C(O)[C@@H]2O)C(O)[C@@H]1O)(COCCCS[C@@H]1OC(CO)[C@@H](O[C@@H]2OC(CO)[C@H](O)C(O)[C@@H]2O)C(O)[C@@H]1O)COCCCS[C@@H]1OC(CO)[C@@H](O[C@@H]2OC(CO)[C@H](O)C(O)[C@@H]2O)C(O)[C@@H]1O. The molecule has 6 rings (SSSR count). The monoisotopic (exact) mass is 1390 g/mol. The van der Waals surface area contributed by atoms with Crippen LogP contribution in [0.25, 0.3) is 0 Å². The van der Waals surface area contributed by atoms with Crippen molar-refractivity contribution in [2.75, 3.05) is 103 Å². The number of thioether (sulfide) groups is 3. The highest BCUT2D eigenvalue weighted by molar-refractivity contribution is 8.00. The van der Waals surface area contributed by atoms with Crippen LogP contribution >= 0.6 is 47.5 Å². The summed E-state index contributed by atoms with van der Waals surface area (Å²) in [6.07, 6.45) is -42.0. The predicted molar refractivity (Wildman–Crippen MR) is 312 cm³/mol. The first-order chi connectivity index (χ1) is 42.9. The molecule has 0 bridgehead atoms. The van der Waals surface area contributed by atoms with Crippen LogP contribution in [0.2, 0.25) is 0 Å². The molecule has 528 valence electrons. The second-order valence-corrected chi connectivity index (χ2v) is 27.0. The lowest BCUT2D eigenvalue weighted by molar-refractivity contribution is -0.338. The van der Waals surface area contributed by atoms with Crippen molar-refractivity contribution >= 4 is 52.5 Å². The van der Waals surface area contributed by atoms with Gasteiger partial charge < -0.3 is 169 Å². The van der Waals surface area contributed by atoms with Crippen LogP contribution in [0.4, 0.5) is 0 Å². The summed E-state index contributed by atoms with van der Waals surface area (Å²) in [4.78, 5) is 0.435. The first-order valence-electron chi connectivity index (χ1n) is 29.5. The minimum atomic E-state index is -1.83. The molecule has 6 fully saturated rings. The molecule has 22 N–H and O–H groups in total. The van der Waals surface area contributed by atoms with Crippen LogP contribution in [-0.2, 0) is 56.8 Å². The third-order valence-corrected chi connectivity index (χ3v) is 19.8. The molecule has 90 heavy (non-hydrogen) atoms. The van der Waals surface area contributed by atoms with Gasteiger partial charge in [-0.25, -0.2) is 0 Å². The fourth-order valence-corrected chi connectivity index (χ4v) is 14.0. The van der Waals surface area contributed by atoms with E-state index in [-0.39, 0.29) is 46.2 Å². The van der Waals surface area contributed by atoms with E-state index in [0.29, 0.717) is 41.5 Å². The average molecular weight is 1390 g/mol. The van der Waals surface area contributed by atoms with Crippen molar-refractivity contribution < 1.29 is 164 Å². The summed E-state index contributed by atoms with van der Waals surface area (Å²) in [6, 6.07) is 0. The number of thiocarbonyl (C=S) groups is 1. The van der Waals surface area contributed by atoms with Gasteiger partial charge in [-0.1, -0.05) is 12.2 Å². The van der Waals surface area contributed by atoms with Crippen LogP contribution in [0.5, 0.6) is 0 Å². The molecule has 0 aromatic rings. The topological polar surface area (TPSA) is 548 Å². The normalized spacial score (nSPS) is 43.4. The summed E-state index contributed by atoms with van der Waals surface area (Å²) in [6.45, 7) is -2.07. The third-order valence-electron chi connectivity index (χ3n) is 16.0. The summed E-state index contributed by atoms with van der Waals surface area (Å²) < 4.78 is 69.6. The van der Waals surface area contributed by atoms with Crippen LogP contribution in [0.15, 0.2) is 0 Å². The van der Waals surface area contributed by atoms with E-state index in [1.54, 1.807) is 6.92 Å². The smallest absolute Gasteiger partial charge is 0.187 e. The maximum absolute atomic E-state index is 11.1. The molecule has 0 radical (unpaired) electrons. The van der Waals surface area contributed by atoms with E-state index in [1.807, 2.05) is 0 Å². The van der Waals surface area contributed by atoms with E-state index < -0.39 is 227 Å². The first kappa shape index (κ1) is 78.6. The molecule has 38 heteroatoms. The molecule has 0 aromatic heterocycles. The molecule has 0 spiro atoms. The number of hydrogen-bond donors (Lipinski definition) is 22. The summed E-state index contributed by atoms with van der Waals surface area (Å²) in [5.74, 6) is 0.876. The van der Waals surface area contributed by atoms with Crippen molar-refractivity contribution in [2.45, 2.75) is 208 Å². The number of ether oxygens (including phenoxy) is 12. The lowest BCUT2D eigenvalue weighted by atomic mass is 9.90. The quantitative estimate of drug-likeness (QED) is 0.0207. The Morgan fingerprint density at radius 2 is 0.633 bits per heavy atom. The standard InChI is InChI=1S/C52H93NO33S4/c1-21(87)53-17-52(18-75-5-2-8-88-49-40(72)34(66)43(25(14-57)81-49)84-46-37(69)31(63)28(60)22(11-54)78-46,19-76-6-3-9-89-50-41(73)35(67)44(26(15-58)82-50)85-47-38(70)32(64)29(61)23(12-55)79-47)20-77-7-4-10-90-51-42(74)36(68)45(27(16-59)83-51)86-48-39(71)33(65)30(62)24(13-56)80-48/h22-51,54-74H,2-20H2,1H3,(H,53,87)/t22?,23?,24?,25?,26?,27?,28-,29-,30-,31?,32?,33?,34?,35?,36?,37-,38-,39-,40-,41-,42-,43+,44+,45+,46-,47-,48-,49-,50-,51-,52?/m0/s1. The molecule has 12 unspecified atom stereocenters. The molecule has 0 aliphatic carbocycles. The zero-order chi connectivity index (χ0) is 66.1. The molecule has 6 saturated heterocycles. The van der Waals surface area contributed by atoms with Gasteiger partial charge in [-0.2, -0.15) is 0 Å². The van der Waals surface area contributed by atoms with Gasteiger partial charge in [-0.05, 0) is 43.4 Å². The Hall–Kier alpha value is -0.380. The third kappa shape index (κ3) is 20.4. The molecule has 0 amide bonds. The van der Waals surface area contributed by atoms with E-state index in [0.717, 1.165) is 35.3 Å². The van der Waals surface area contributed by atoms with Crippen LogP contribution in [0.3, 0.4) is 0 Å². The maximum atomic E-state index is 11.1. The second-order valence-electron chi connectivity index (χ2n) is 22.8. The van der Waals surface area contributed by atoms with E-state index >= 15 is 0 Å². The van der Waals surface area contributed by atoms with Crippen LogP contribution in [-0.4, -0.2) is 397 Å². The Morgan fingerprint density at radius 3 is 0.878 bits per heavy atom. The molecule has 0 aromatic carbocycles. The Morgan fingerprint density at radius 1 is 0.367 bits per heavy atom. The highest BCUT2D eigenvalue weighted by atomic mass is 32.2. The van der Waals surface area contributed by atoms with Crippen molar-refractivity contribution in [3.05, 3.63) is 0 Å². The van der Waals surface area contributed by atoms with Gasteiger partial charge in [0.05, 0.1) is 69.9 Å². The van der Waals surface area contributed by atoms with E-state index in [1.165, 1.54) is 0 Å². The number of rotatable bonds is 35. The summed E-state index contributed by atoms with van der Waals surface area (Å²) >= 11 is 8.67. The van der Waals surface area contributed by atoms with Crippen molar-refractivity contribution in [1.82, 2.24) is 5.32 Å². The van der Waals surface area contributed by atoms with Gasteiger partial charge in [-0.3, -0.25) is 0 Å². The number of aliphatic hydroxyl groups excluding tert-OH is 21. The Kier molecular flexibility index (Phi) is 33.3. The van der Waals surface area contributed by atoms with Gasteiger partial charge in [-0.15, -0.1) is 35.3 Å². The first-order valence-corrected chi connectivity index (χ1v) is 33.0. The number of aliphatic hydroxyl groups is 21. The van der Waals surface area contributed by atoms with Crippen LogP contribution in [0.1, 0.15) is 26.2 Å². The summed E-state index contributed by atoms with van der Waals surface area (Å²) in [5, 5.41) is 222. The lowest BCUT2D eigenvalue weighted by Crippen LogP contribution is -2.64. The number of nitrogens with one attached hydrogen (secondary N) is 1. The molecule has 6 aliphatic rings. The van der Waals surface area contributed by atoms with Gasteiger partial charge in [0.15, 0.2) is 18.9 Å². The second kappa shape index (κ2) is 38.1. The van der Waals surface area contributed by atoms with Gasteiger partial charge >= 0.3 is 0 Å². The maximum Gasteiger partial charge on any atom is 0.187 e. The fourth-order valence-electron chi connectivity index (χ4n) is 10.6. The minimum Gasteiger partial charge on any atom is -0.394 e. The Bertz CT molecular complexity index is 1840. The molecule has 6 aliphatic heterocycles.